The van der Waals surface area contributed by atoms with Gasteiger partial charge in [0.2, 0.25) is 11.8 Å². The van der Waals surface area contributed by atoms with E-state index in [0.29, 0.717) is 17.8 Å². The Hall–Kier alpha value is -2.01. The standard InChI is InChI=1S/C14H21N5O5/c1-22-13-10-12(17-14(15)18-13)19(6-16-10)7-24-9(5-20)11(21)8-3-2-4-23-8/h6,8-9,11,20-21H,2-5,7H2,1H3,(H2,15,17,18)/t8?,9?,11-/m0/s1. The molecule has 2 aromatic rings. The molecule has 10 nitrogen and oxygen atoms in total. The number of hydrogen-bond acceptors (Lipinski definition) is 9. The average Bonchev–Trinajstić information content (AvgIpc) is 3.24. The molecule has 4 N–H and O–H groups in total. The first-order valence-corrected chi connectivity index (χ1v) is 7.68. The van der Waals surface area contributed by atoms with Crippen LogP contribution in [0.15, 0.2) is 6.33 Å². The second-order valence-electron chi connectivity index (χ2n) is 5.54. The Labute approximate surface area is 138 Å². The van der Waals surface area contributed by atoms with Crippen LogP contribution in [0.3, 0.4) is 0 Å². The van der Waals surface area contributed by atoms with Gasteiger partial charge in [0.05, 0.1) is 26.1 Å². The lowest BCUT2D eigenvalue weighted by Gasteiger charge is -2.25. The molecule has 2 aromatic heterocycles. The maximum atomic E-state index is 10.3. The highest BCUT2D eigenvalue weighted by Crippen LogP contribution is 2.22. The smallest absolute Gasteiger partial charge is 0.246 e. The van der Waals surface area contributed by atoms with Gasteiger partial charge >= 0.3 is 0 Å². The Morgan fingerprint density at radius 1 is 1.50 bits per heavy atom. The molecule has 0 saturated carbocycles. The second kappa shape index (κ2) is 7.26. The first-order chi connectivity index (χ1) is 11.6. The zero-order valence-corrected chi connectivity index (χ0v) is 13.3. The number of aromatic nitrogens is 4. The number of nitrogen functional groups attached to an aromatic ring is 1. The first kappa shape index (κ1) is 16.8. The third kappa shape index (κ3) is 3.26. The number of methoxy groups -OCH3 is 1. The maximum Gasteiger partial charge on any atom is 0.246 e. The first-order valence-electron chi connectivity index (χ1n) is 7.68. The summed E-state index contributed by atoms with van der Waals surface area (Å²) in [5, 5.41) is 19.8. The third-order valence-electron chi connectivity index (χ3n) is 3.98. The molecule has 0 bridgehead atoms. The zero-order valence-electron chi connectivity index (χ0n) is 13.3. The van der Waals surface area contributed by atoms with Crippen LogP contribution in [-0.2, 0) is 16.2 Å². The van der Waals surface area contributed by atoms with Crippen LogP contribution >= 0.6 is 0 Å². The number of ether oxygens (including phenoxy) is 3. The number of nitrogens with two attached hydrogens (primary N) is 1. The monoisotopic (exact) mass is 339 g/mol. The predicted octanol–water partition coefficient (Wildman–Crippen LogP) is -0.708. The van der Waals surface area contributed by atoms with Crippen molar-refractivity contribution in [3.05, 3.63) is 6.33 Å². The summed E-state index contributed by atoms with van der Waals surface area (Å²) in [6.07, 6.45) is 1.15. The van der Waals surface area contributed by atoms with Gasteiger partial charge < -0.3 is 30.2 Å². The fourth-order valence-corrected chi connectivity index (χ4v) is 2.72. The van der Waals surface area contributed by atoms with E-state index in [-0.39, 0.29) is 31.3 Å². The molecule has 1 saturated heterocycles. The Balaban J connectivity index is 1.73. The van der Waals surface area contributed by atoms with E-state index in [0.717, 1.165) is 12.8 Å². The lowest BCUT2D eigenvalue weighted by atomic mass is 10.1. The van der Waals surface area contributed by atoms with E-state index in [4.69, 9.17) is 19.9 Å². The highest BCUT2D eigenvalue weighted by Gasteiger charge is 2.31. The second-order valence-corrected chi connectivity index (χ2v) is 5.54. The number of aliphatic hydroxyl groups is 2. The summed E-state index contributed by atoms with van der Waals surface area (Å²) in [6, 6.07) is 0. The van der Waals surface area contributed by atoms with Gasteiger partial charge in [0.1, 0.15) is 18.9 Å². The van der Waals surface area contributed by atoms with Gasteiger partial charge in [-0.3, -0.25) is 4.57 Å². The van der Waals surface area contributed by atoms with E-state index < -0.39 is 12.2 Å². The molecular formula is C14H21N5O5. The number of hydrogen-bond donors (Lipinski definition) is 3. The molecule has 1 fully saturated rings. The van der Waals surface area contributed by atoms with E-state index in [1.54, 1.807) is 4.57 Å². The highest BCUT2D eigenvalue weighted by atomic mass is 16.5. The van der Waals surface area contributed by atoms with Crippen molar-refractivity contribution < 1.29 is 24.4 Å². The van der Waals surface area contributed by atoms with Crippen molar-refractivity contribution in [2.45, 2.75) is 37.9 Å². The Morgan fingerprint density at radius 2 is 2.33 bits per heavy atom. The summed E-state index contributed by atoms with van der Waals surface area (Å²) in [5.74, 6) is 0.327. The molecule has 1 aliphatic rings. The lowest BCUT2D eigenvalue weighted by Crippen LogP contribution is -2.41. The van der Waals surface area contributed by atoms with Gasteiger partial charge in [-0.25, -0.2) is 4.98 Å². The zero-order chi connectivity index (χ0) is 17.1. The third-order valence-corrected chi connectivity index (χ3v) is 3.98. The predicted molar refractivity (Wildman–Crippen MR) is 83.2 cm³/mol. The minimum atomic E-state index is -0.901. The average molecular weight is 339 g/mol. The molecule has 3 heterocycles. The lowest BCUT2D eigenvalue weighted by molar-refractivity contribution is -0.126. The van der Waals surface area contributed by atoms with Crippen molar-refractivity contribution >= 4 is 17.1 Å². The van der Waals surface area contributed by atoms with Gasteiger partial charge in [-0.2, -0.15) is 9.97 Å². The molecule has 0 radical (unpaired) electrons. The molecule has 2 unspecified atom stereocenters. The van der Waals surface area contributed by atoms with Crippen LogP contribution in [0.2, 0.25) is 0 Å². The number of imidazole rings is 1. The number of aliphatic hydroxyl groups excluding tert-OH is 2. The Morgan fingerprint density at radius 3 is 3.00 bits per heavy atom. The van der Waals surface area contributed by atoms with Crippen molar-refractivity contribution in [2.75, 3.05) is 26.1 Å². The van der Waals surface area contributed by atoms with Crippen LogP contribution in [0, 0.1) is 0 Å². The molecule has 10 heteroatoms. The molecule has 0 aromatic carbocycles. The summed E-state index contributed by atoms with van der Waals surface area (Å²) in [7, 11) is 1.47. The Kier molecular flexibility index (Phi) is 5.09. The van der Waals surface area contributed by atoms with E-state index in [2.05, 4.69) is 15.0 Å². The summed E-state index contributed by atoms with van der Waals surface area (Å²) in [4.78, 5) is 12.3. The van der Waals surface area contributed by atoms with E-state index in [9.17, 15) is 10.2 Å². The van der Waals surface area contributed by atoms with Crippen molar-refractivity contribution in [3.8, 4) is 5.88 Å². The largest absolute Gasteiger partial charge is 0.479 e. The van der Waals surface area contributed by atoms with Crippen LogP contribution in [-0.4, -0.2) is 68.4 Å². The SMILES string of the molecule is COc1nc(N)nc2c1ncn2COC(CO)[C@@H](O)C1CCCO1. The molecule has 3 rings (SSSR count). The number of rotatable bonds is 7. The quantitative estimate of drug-likeness (QED) is 0.597. The van der Waals surface area contributed by atoms with Crippen molar-refractivity contribution in [1.29, 1.82) is 0 Å². The molecule has 132 valence electrons. The minimum Gasteiger partial charge on any atom is -0.479 e. The number of fused-ring (bicyclic) bond motifs is 1. The normalized spacial score (nSPS) is 20.4. The summed E-state index contributed by atoms with van der Waals surface area (Å²) >= 11 is 0. The minimum absolute atomic E-state index is 0.0329. The Bertz CT molecular complexity index is 687. The van der Waals surface area contributed by atoms with Gasteiger partial charge in [-0.1, -0.05) is 0 Å². The topological polar surface area (TPSA) is 138 Å². The molecule has 0 aliphatic carbocycles. The molecule has 0 amide bonds. The molecule has 1 aliphatic heterocycles. The van der Waals surface area contributed by atoms with E-state index >= 15 is 0 Å². The molecule has 3 atom stereocenters. The molecule has 24 heavy (non-hydrogen) atoms. The maximum absolute atomic E-state index is 10.3. The van der Waals surface area contributed by atoms with Crippen molar-refractivity contribution in [2.24, 2.45) is 0 Å². The van der Waals surface area contributed by atoms with Gasteiger partial charge in [0.25, 0.3) is 0 Å². The van der Waals surface area contributed by atoms with Crippen molar-refractivity contribution in [3.63, 3.8) is 0 Å². The summed E-state index contributed by atoms with van der Waals surface area (Å²) in [5.41, 5.74) is 6.56. The highest BCUT2D eigenvalue weighted by molar-refractivity contribution is 5.77. The van der Waals surface area contributed by atoms with Gasteiger partial charge in [-0.15, -0.1) is 0 Å². The fraction of sp³-hybridized carbons (Fsp3) is 0.643. The summed E-state index contributed by atoms with van der Waals surface area (Å²) < 4.78 is 17.8. The van der Waals surface area contributed by atoms with Gasteiger partial charge in [0, 0.05) is 6.61 Å². The number of nitrogens with zero attached hydrogens (tertiary/aromatic N) is 4. The molecule has 0 spiro atoms. The van der Waals surface area contributed by atoms with E-state index in [1.807, 2.05) is 0 Å². The van der Waals surface area contributed by atoms with Gasteiger partial charge in [0.15, 0.2) is 11.2 Å². The van der Waals surface area contributed by atoms with Crippen LogP contribution in [0.25, 0.3) is 11.2 Å². The number of anilines is 1. The van der Waals surface area contributed by atoms with Crippen LogP contribution in [0.4, 0.5) is 5.95 Å². The van der Waals surface area contributed by atoms with Crippen LogP contribution in [0.1, 0.15) is 12.8 Å². The summed E-state index contributed by atoms with van der Waals surface area (Å²) in [6.45, 7) is 0.321. The fourth-order valence-electron chi connectivity index (χ4n) is 2.72. The van der Waals surface area contributed by atoms with E-state index in [1.165, 1.54) is 13.4 Å². The molecular weight excluding hydrogens is 318 g/mol. The van der Waals surface area contributed by atoms with Crippen molar-refractivity contribution in [1.82, 2.24) is 19.5 Å². The van der Waals surface area contributed by atoms with Crippen LogP contribution in [0.5, 0.6) is 5.88 Å². The van der Waals surface area contributed by atoms with Crippen LogP contribution < -0.4 is 10.5 Å². The van der Waals surface area contributed by atoms with Gasteiger partial charge in [-0.05, 0) is 12.8 Å².